The molecule has 2 heterocycles. The van der Waals surface area contributed by atoms with Gasteiger partial charge in [-0.25, -0.2) is 9.37 Å². The predicted octanol–water partition coefficient (Wildman–Crippen LogP) is 5.46. The normalized spacial score (nSPS) is 14.0. The summed E-state index contributed by atoms with van der Waals surface area (Å²) in [5.41, 5.74) is 1.30. The average molecular weight is 349 g/mol. The first kappa shape index (κ1) is 14.8. The molecular formula is C17H14ClFN2OS. The third-order valence-corrected chi connectivity index (χ3v) is 5.47. The number of aryl methyl sites for hydroxylation is 3. The van der Waals surface area contributed by atoms with E-state index >= 15 is 0 Å². The van der Waals surface area contributed by atoms with E-state index in [0.717, 1.165) is 23.1 Å². The highest BCUT2D eigenvalue weighted by Gasteiger charge is 2.22. The Balaban J connectivity index is 1.87. The van der Waals surface area contributed by atoms with Crippen LogP contribution in [0.5, 0.6) is 11.6 Å². The second kappa shape index (κ2) is 5.73. The monoisotopic (exact) mass is 348 g/mol. The van der Waals surface area contributed by atoms with Crippen molar-refractivity contribution in [3.05, 3.63) is 45.3 Å². The van der Waals surface area contributed by atoms with Crippen LogP contribution in [0.1, 0.15) is 29.1 Å². The molecule has 3 aromatic rings. The Morgan fingerprint density at radius 1 is 1.22 bits per heavy atom. The second-order valence-corrected chi connectivity index (χ2v) is 7.13. The van der Waals surface area contributed by atoms with Gasteiger partial charge in [-0.15, -0.1) is 11.3 Å². The highest BCUT2D eigenvalue weighted by Crippen LogP contribution is 2.41. The number of aromatic nitrogens is 2. The molecule has 0 unspecified atom stereocenters. The van der Waals surface area contributed by atoms with Crippen molar-refractivity contribution in [2.24, 2.45) is 0 Å². The molecule has 0 saturated carbocycles. The molecule has 23 heavy (non-hydrogen) atoms. The number of nitrogens with zero attached hydrogens (tertiary/aromatic N) is 2. The lowest BCUT2D eigenvalue weighted by molar-refractivity contribution is 0.464. The van der Waals surface area contributed by atoms with Crippen LogP contribution in [0.15, 0.2) is 18.2 Å². The Bertz CT molecular complexity index is 909. The molecule has 4 rings (SSSR count). The van der Waals surface area contributed by atoms with Crippen LogP contribution in [0.2, 0.25) is 5.02 Å². The Hall–Kier alpha value is -1.72. The van der Waals surface area contributed by atoms with Gasteiger partial charge in [0.15, 0.2) is 0 Å². The third-order valence-electron chi connectivity index (χ3n) is 3.99. The fourth-order valence-corrected chi connectivity index (χ4v) is 4.46. The minimum Gasteiger partial charge on any atom is -0.437 e. The first-order valence-electron chi connectivity index (χ1n) is 7.53. The number of rotatable bonds is 2. The molecule has 0 N–H and O–H groups in total. The van der Waals surface area contributed by atoms with Gasteiger partial charge in [0.25, 0.3) is 0 Å². The van der Waals surface area contributed by atoms with Crippen LogP contribution in [0.25, 0.3) is 10.2 Å². The van der Waals surface area contributed by atoms with Gasteiger partial charge < -0.3 is 4.74 Å². The first-order chi connectivity index (χ1) is 11.1. The number of hydrogen-bond donors (Lipinski definition) is 0. The summed E-state index contributed by atoms with van der Waals surface area (Å²) in [6.45, 7) is 1.84. The molecule has 6 heteroatoms. The van der Waals surface area contributed by atoms with Gasteiger partial charge in [-0.05, 0) is 56.4 Å². The molecule has 3 nitrogen and oxygen atoms in total. The second-order valence-electron chi connectivity index (χ2n) is 5.64. The maximum Gasteiger partial charge on any atom is 0.231 e. The summed E-state index contributed by atoms with van der Waals surface area (Å²) < 4.78 is 19.2. The predicted molar refractivity (Wildman–Crippen MR) is 90.3 cm³/mol. The number of thiophene rings is 1. The summed E-state index contributed by atoms with van der Waals surface area (Å²) in [5.74, 6) is 1.19. The zero-order valence-electron chi connectivity index (χ0n) is 12.5. The quantitative estimate of drug-likeness (QED) is 0.616. The zero-order chi connectivity index (χ0) is 16.0. The van der Waals surface area contributed by atoms with Crippen molar-refractivity contribution < 1.29 is 9.13 Å². The summed E-state index contributed by atoms with van der Waals surface area (Å²) in [4.78, 5) is 11.3. The van der Waals surface area contributed by atoms with Gasteiger partial charge in [-0.3, -0.25) is 0 Å². The van der Waals surface area contributed by atoms with Gasteiger partial charge in [0, 0.05) is 4.88 Å². The van der Waals surface area contributed by atoms with Crippen molar-refractivity contribution in [3.63, 3.8) is 0 Å². The molecule has 1 aliphatic rings. The maximum absolute atomic E-state index is 13.2. The van der Waals surface area contributed by atoms with Crippen LogP contribution in [-0.2, 0) is 12.8 Å². The van der Waals surface area contributed by atoms with Crippen LogP contribution in [0, 0.1) is 12.7 Å². The molecule has 0 amide bonds. The van der Waals surface area contributed by atoms with Crippen LogP contribution >= 0.6 is 22.9 Å². The number of hydrogen-bond acceptors (Lipinski definition) is 4. The fraction of sp³-hybridized carbons (Fsp3) is 0.294. The Labute approximate surface area is 142 Å². The highest BCUT2D eigenvalue weighted by molar-refractivity contribution is 7.18. The topological polar surface area (TPSA) is 35.0 Å². The minimum atomic E-state index is -0.390. The Kier molecular flexibility index (Phi) is 3.70. The lowest BCUT2D eigenvalue weighted by atomic mass is 9.97. The lowest BCUT2D eigenvalue weighted by Gasteiger charge is -2.12. The highest BCUT2D eigenvalue weighted by atomic mass is 35.5. The van der Waals surface area contributed by atoms with Crippen molar-refractivity contribution in [2.45, 2.75) is 32.6 Å². The van der Waals surface area contributed by atoms with Crippen molar-refractivity contribution in [3.8, 4) is 11.6 Å². The van der Waals surface area contributed by atoms with Crippen LogP contribution in [0.3, 0.4) is 0 Å². The largest absolute Gasteiger partial charge is 0.437 e. The number of benzene rings is 1. The number of fused-ring (bicyclic) bond motifs is 3. The SMILES string of the molecule is Cc1nc(Oc2ccc(F)cc2Cl)c2c3c(sc2n1)CCCC3. The zero-order valence-corrected chi connectivity index (χ0v) is 14.1. The van der Waals surface area contributed by atoms with Crippen molar-refractivity contribution in [2.75, 3.05) is 0 Å². The third kappa shape index (κ3) is 2.68. The minimum absolute atomic E-state index is 0.235. The molecule has 0 bridgehead atoms. The van der Waals surface area contributed by atoms with Gasteiger partial charge in [0.2, 0.25) is 5.88 Å². The summed E-state index contributed by atoms with van der Waals surface area (Å²) in [7, 11) is 0. The molecule has 0 saturated heterocycles. The van der Waals surface area contributed by atoms with Crippen molar-refractivity contribution >= 4 is 33.2 Å². The number of ether oxygens (including phenoxy) is 1. The van der Waals surface area contributed by atoms with E-state index in [-0.39, 0.29) is 10.8 Å². The van der Waals surface area contributed by atoms with E-state index in [4.69, 9.17) is 16.3 Å². The van der Waals surface area contributed by atoms with Crippen molar-refractivity contribution in [1.82, 2.24) is 9.97 Å². The molecule has 1 aromatic carbocycles. The molecule has 0 radical (unpaired) electrons. The van der Waals surface area contributed by atoms with Crippen molar-refractivity contribution in [1.29, 1.82) is 0 Å². The molecule has 1 aliphatic carbocycles. The number of halogens is 2. The summed E-state index contributed by atoms with van der Waals surface area (Å²) in [6.07, 6.45) is 4.50. The first-order valence-corrected chi connectivity index (χ1v) is 8.73. The maximum atomic E-state index is 13.2. The molecule has 2 aromatic heterocycles. The van der Waals surface area contributed by atoms with Gasteiger partial charge in [-0.1, -0.05) is 11.6 Å². The van der Waals surface area contributed by atoms with Crippen LogP contribution in [-0.4, -0.2) is 9.97 Å². The standard InChI is InChI=1S/C17H14ClFN2OS/c1-9-20-16(22-13-7-6-10(19)8-12(13)18)15-11-4-2-3-5-14(11)23-17(15)21-9/h6-8H,2-5H2,1H3. The van der Waals surface area contributed by atoms with E-state index in [1.807, 2.05) is 6.92 Å². The molecule has 0 aliphatic heterocycles. The molecule has 0 spiro atoms. The van der Waals surface area contributed by atoms with Gasteiger partial charge in [0.05, 0.1) is 10.4 Å². The fourth-order valence-electron chi connectivity index (χ4n) is 2.96. The van der Waals surface area contributed by atoms with E-state index in [2.05, 4.69) is 9.97 Å². The Morgan fingerprint density at radius 2 is 2.04 bits per heavy atom. The van der Waals surface area contributed by atoms with E-state index in [9.17, 15) is 4.39 Å². The van der Waals surface area contributed by atoms with Gasteiger partial charge in [-0.2, -0.15) is 4.98 Å². The van der Waals surface area contributed by atoms with E-state index in [1.165, 1.54) is 41.5 Å². The summed E-state index contributed by atoms with van der Waals surface area (Å²) in [6, 6.07) is 4.10. The summed E-state index contributed by atoms with van der Waals surface area (Å²) >= 11 is 7.80. The van der Waals surface area contributed by atoms with Crippen LogP contribution in [0.4, 0.5) is 4.39 Å². The van der Waals surface area contributed by atoms with E-state index in [1.54, 1.807) is 11.3 Å². The Morgan fingerprint density at radius 3 is 2.87 bits per heavy atom. The molecule has 0 atom stereocenters. The van der Waals surface area contributed by atoms with Crippen LogP contribution < -0.4 is 4.74 Å². The molecule has 0 fully saturated rings. The summed E-state index contributed by atoms with van der Waals surface area (Å²) in [5, 5.41) is 1.22. The molecular weight excluding hydrogens is 335 g/mol. The average Bonchev–Trinajstić information content (AvgIpc) is 2.88. The lowest BCUT2D eigenvalue weighted by Crippen LogP contribution is -2.00. The van der Waals surface area contributed by atoms with Gasteiger partial charge in [0.1, 0.15) is 22.2 Å². The van der Waals surface area contributed by atoms with E-state index < -0.39 is 0 Å². The smallest absolute Gasteiger partial charge is 0.231 e. The van der Waals surface area contributed by atoms with Gasteiger partial charge >= 0.3 is 0 Å². The van der Waals surface area contributed by atoms with E-state index in [0.29, 0.717) is 17.5 Å². The molecule has 118 valence electrons.